The average molecular weight is 284 g/mol. The number of alkyl halides is 1. The number of hydrogen-bond acceptors (Lipinski definition) is 2. The zero-order valence-electron chi connectivity index (χ0n) is 6.84. The van der Waals surface area contributed by atoms with Gasteiger partial charge in [-0.1, -0.05) is 23.2 Å². The van der Waals surface area contributed by atoms with E-state index in [1.165, 1.54) is 11.3 Å². The standard InChI is InChI=1S/C9H5Cl3S2/c10-7-3-6(9(12)14-7)8(11)5-1-2-13-4-5/h1-4,8H. The lowest BCUT2D eigenvalue weighted by molar-refractivity contribution is 1.17. The minimum Gasteiger partial charge on any atom is -0.152 e. The van der Waals surface area contributed by atoms with Crippen molar-refractivity contribution in [3.8, 4) is 0 Å². The third-order valence-corrected chi connectivity index (χ3v) is 4.50. The summed E-state index contributed by atoms with van der Waals surface area (Å²) >= 11 is 21.1. The summed E-state index contributed by atoms with van der Waals surface area (Å²) in [6.07, 6.45) is 0. The second kappa shape index (κ2) is 4.42. The Morgan fingerprint density at radius 3 is 2.57 bits per heavy atom. The van der Waals surface area contributed by atoms with Crippen LogP contribution < -0.4 is 0 Å². The van der Waals surface area contributed by atoms with Gasteiger partial charge in [-0.05, 0) is 28.5 Å². The van der Waals surface area contributed by atoms with Gasteiger partial charge in [0.15, 0.2) is 0 Å². The molecule has 2 rings (SSSR count). The molecule has 0 aliphatic rings. The summed E-state index contributed by atoms with van der Waals surface area (Å²) in [5, 5.41) is 3.81. The number of rotatable bonds is 2. The Hall–Kier alpha value is 0.270. The van der Waals surface area contributed by atoms with E-state index >= 15 is 0 Å². The van der Waals surface area contributed by atoms with Crippen molar-refractivity contribution in [2.45, 2.75) is 5.38 Å². The fourth-order valence-corrected chi connectivity index (χ4v) is 3.85. The van der Waals surface area contributed by atoms with Gasteiger partial charge in [0, 0.05) is 5.56 Å². The molecule has 0 aromatic carbocycles. The Balaban J connectivity index is 2.36. The minimum atomic E-state index is -0.197. The lowest BCUT2D eigenvalue weighted by atomic mass is 10.1. The summed E-state index contributed by atoms with van der Waals surface area (Å²) < 4.78 is 1.34. The molecule has 1 unspecified atom stereocenters. The first-order valence-corrected chi connectivity index (χ1v) is 6.74. The van der Waals surface area contributed by atoms with Crippen LogP contribution in [-0.2, 0) is 0 Å². The smallest absolute Gasteiger partial charge is 0.0994 e. The maximum absolute atomic E-state index is 6.26. The fraction of sp³-hybridized carbons (Fsp3) is 0.111. The monoisotopic (exact) mass is 282 g/mol. The van der Waals surface area contributed by atoms with E-state index < -0.39 is 0 Å². The number of hydrogen-bond donors (Lipinski definition) is 0. The third-order valence-electron chi connectivity index (χ3n) is 1.79. The Labute approximate surface area is 105 Å². The second-order valence-electron chi connectivity index (χ2n) is 2.70. The van der Waals surface area contributed by atoms with Crippen LogP contribution in [0.3, 0.4) is 0 Å². The molecule has 0 fully saturated rings. The molecule has 0 aliphatic heterocycles. The van der Waals surface area contributed by atoms with E-state index in [4.69, 9.17) is 34.8 Å². The van der Waals surface area contributed by atoms with Gasteiger partial charge in [-0.15, -0.1) is 22.9 Å². The topological polar surface area (TPSA) is 0 Å². The van der Waals surface area contributed by atoms with Gasteiger partial charge in [0.1, 0.15) is 0 Å². The van der Waals surface area contributed by atoms with Crippen LogP contribution in [0.15, 0.2) is 22.9 Å². The normalized spacial score (nSPS) is 13.1. The van der Waals surface area contributed by atoms with Gasteiger partial charge < -0.3 is 0 Å². The summed E-state index contributed by atoms with van der Waals surface area (Å²) in [6, 6.07) is 3.81. The molecular formula is C9H5Cl3S2. The quantitative estimate of drug-likeness (QED) is 0.643. The first-order chi connectivity index (χ1) is 6.68. The van der Waals surface area contributed by atoms with Gasteiger partial charge in [-0.3, -0.25) is 0 Å². The van der Waals surface area contributed by atoms with Crippen molar-refractivity contribution in [2.75, 3.05) is 0 Å². The average Bonchev–Trinajstić information content (AvgIpc) is 2.73. The van der Waals surface area contributed by atoms with E-state index in [0.717, 1.165) is 11.1 Å². The van der Waals surface area contributed by atoms with E-state index in [9.17, 15) is 0 Å². The first kappa shape index (κ1) is 10.8. The summed E-state index contributed by atoms with van der Waals surface area (Å²) in [4.78, 5) is 0. The highest BCUT2D eigenvalue weighted by Gasteiger charge is 2.17. The van der Waals surface area contributed by atoms with Crippen LogP contribution in [0.1, 0.15) is 16.5 Å². The Morgan fingerprint density at radius 1 is 1.29 bits per heavy atom. The van der Waals surface area contributed by atoms with Crippen molar-refractivity contribution in [3.63, 3.8) is 0 Å². The molecular weight excluding hydrogens is 279 g/mol. The molecule has 0 N–H and O–H groups in total. The third kappa shape index (κ3) is 2.10. The molecule has 0 bridgehead atoms. The molecule has 74 valence electrons. The van der Waals surface area contributed by atoms with Crippen LogP contribution in [0.25, 0.3) is 0 Å². The van der Waals surface area contributed by atoms with Crippen molar-refractivity contribution in [1.82, 2.24) is 0 Å². The SMILES string of the molecule is Clc1cc(C(Cl)c2ccsc2)c(Cl)s1. The molecule has 0 saturated heterocycles. The largest absolute Gasteiger partial charge is 0.152 e. The molecule has 14 heavy (non-hydrogen) atoms. The summed E-state index contributed by atoms with van der Waals surface area (Å²) in [5.41, 5.74) is 1.95. The Bertz CT molecular complexity index is 419. The number of thiophene rings is 2. The molecule has 2 heterocycles. The van der Waals surface area contributed by atoms with Gasteiger partial charge in [0.05, 0.1) is 14.0 Å². The maximum atomic E-state index is 6.26. The van der Waals surface area contributed by atoms with E-state index in [1.54, 1.807) is 11.3 Å². The lowest BCUT2D eigenvalue weighted by Gasteiger charge is -2.05. The highest BCUT2D eigenvalue weighted by Crippen LogP contribution is 2.40. The molecule has 0 amide bonds. The van der Waals surface area contributed by atoms with Crippen LogP contribution in [0.4, 0.5) is 0 Å². The molecule has 2 aromatic rings. The molecule has 0 saturated carbocycles. The van der Waals surface area contributed by atoms with Crippen molar-refractivity contribution in [2.24, 2.45) is 0 Å². The lowest BCUT2D eigenvalue weighted by Crippen LogP contribution is -1.88. The highest BCUT2D eigenvalue weighted by atomic mass is 35.5. The van der Waals surface area contributed by atoms with Crippen LogP contribution in [0.2, 0.25) is 8.67 Å². The van der Waals surface area contributed by atoms with E-state index in [0.29, 0.717) is 8.67 Å². The molecule has 5 heteroatoms. The van der Waals surface area contributed by atoms with E-state index in [2.05, 4.69) is 0 Å². The predicted molar refractivity (Wildman–Crippen MR) is 66.4 cm³/mol. The van der Waals surface area contributed by atoms with Crippen molar-refractivity contribution in [3.05, 3.63) is 42.7 Å². The molecule has 0 radical (unpaired) electrons. The van der Waals surface area contributed by atoms with E-state index in [-0.39, 0.29) is 5.38 Å². The van der Waals surface area contributed by atoms with Gasteiger partial charge in [-0.2, -0.15) is 11.3 Å². The van der Waals surface area contributed by atoms with Crippen LogP contribution in [0.5, 0.6) is 0 Å². The fourth-order valence-electron chi connectivity index (χ4n) is 1.12. The first-order valence-electron chi connectivity index (χ1n) is 3.79. The minimum absolute atomic E-state index is 0.197. The zero-order chi connectivity index (χ0) is 10.1. The van der Waals surface area contributed by atoms with Crippen molar-refractivity contribution in [1.29, 1.82) is 0 Å². The van der Waals surface area contributed by atoms with Crippen LogP contribution in [-0.4, -0.2) is 0 Å². The van der Waals surface area contributed by atoms with Gasteiger partial charge in [0.2, 0.25) is 0 Å². The molecule has 0 aliphatic carbocycles. The Morgan fingerprint density at radius 2 is 2.07 bits per heavy atom. The summed E-state index contributed by atoms with van der Waals surface area (Å²) in [7, 11) is 0. The van der Waals surface area contributed by atoms with E-state index in [1.807, 2.05) is 22.9 Å². The molecule has 1 atom stereocenters. The molecule has 0 nitrogen and oxygen atoms in total. The zero-order valence-corrected chi connectivity index (χ0v) is 10.7. The van der Waals surface area contributed by atoms with Crippen LogP contribution >= 0.6 is 57.5 Å². The summed E-state index contributed by atoms with van der Waals surface area (Å²) in [5.74, 6) is 0. The maximum Gasteiger partial charge on any atom is 0.0994 e. The molecule has 0 spiro atoms. The second-order valence-corrected chi connectivity index (χ2v) is 6.20. The predicted octanol–water partition coefficient (Wildman–Crippen LogP) is 5.44. The molecule has 2 aromatic heterocycles. The van der Waals surface area contributed by atoms with Gasteiger partial charge in [-0.25, -0.2) is 0 Å². The highest BCUT2D eigenvalue weighted by molar-refractivity contribution is 7.20. The Kier molecular flexibility index (Phi) is 3.40. The van der Waals surface area contributed by atoms with Crippen LogP contribution in [0, 0.1) is 0 Å². The van der Waals surface area contributed by atoms with Crippen molar-refractivity contribution >= 4 is 57.5 Å². The summed E-state index contributed by atoms with van der Waals surface area (Å²) in [6.45, 7) is 0. The van der Waals surface area contributed by atoms with Crippen molar-refractivity contribution < 1.29 is 0 Å². The number of halogens is 3. The van der Waals surface area contributed by atoms with Gasteiger partial charge in [0.25, 0.3) is 0 Å². The van der Waals surface area contributed by atoms with Gasteiger partial charge >= 0.3 is 0 Å².